The summed E-state index contributed by atoms with van der Waals surface area (Å²) in [6.45, 7) is 2.38. The van der Waals surface area contributed by atoms with E-state index in [0.29, 0.717) is 18.7 Å². The number of rotatable bonds is 6. The second-order valence-corrected chi connectivity index (χ2v) is 6.47. The van der Waals surface area contributed by atoms with Crippen molar-refractivity contribution in [2.24, 2.45) is 0 Å². The largest absolute Gasteiger partial charge is 0.399 e. The van der Waals surface area contributed by atoms with Crippen LogP contribution in [0.1, 0.15) is 13.3 Å². The summed E-state index contributed by atoms with van der Waals surface area (Å²) in [6, 6.07) is 7.41. The second-order valence-electron chi connectivity index (χ2n) is 4.16. The first-order valence-corrected chi connectivity index (χ1v) is 7.54. The number of nitrogens with two attached hydrogens (primary N) is 1. The summed E-state index contributed by atoms with van der Waals surface area (Å²) in [6.07, 6.45) is 0.675. The lowest BCUT2D eigenvalue weighted by molar-refractivity contribution is 0.594. The van der Waals surface area contributed by atoms with E-state index in [1.54, 1.807) is 0 Å². The molecule has 0 aliphatic carbocycles. The Morgan fingerprint density at radius 1 is 1.18 bits per heavy atom. The monoisotopic (exact) mass is 256 g/mol. The Morgan fingerprint density at radius 3 is 2.29 bits per heavy atom. The molecule has 0 saturated heterocycles. The topological polar surface area (TPSA) is 63.4 Å². The molecule has 1 rings (SSSR count). The zero-order valence-electron chi connectivity index (χ0n) is 10.4. The van der Waals surface area contributed by atoms with Crippen molar-refractivity contribution in [1.29, 1.82) is 0 Å². The van der Waals surface area contributed by atoms with Gasteiger partial charge in [-0.15, -0.1) is 0 Å². The molecule has 96 valence electrons. The van der Waals surface area contributed by atoms with E-state index in [1.807, 2.05) is 43.1 Å². The van der Waals surface area contributed by atoms with Crippen LogP contribution in [0.3, 0.4) is 0 Å². The number of benzene rings is 1. The van der Waals surface area contributed by atoms with Crippen molar-refractivity contribution in [2.45, 2.75) is 13.3 Å². The maximum Gasteiger partial charge on any atom is 0.152 e. The number of nitrogens with zero attached hydrogens (tertiary/aromatic N) is 1. The molecule has 2 N–H and O–H groups in total. The van der Waals surface area contributed by atoms with Crippen LogP contribution in [-0.4, -0.2) is 33.5 Å². The molecule has 0 amide bonds. The van der Waals surface area contributed by atoms with Crippen LogP contribution in [0.15, 0.2) is 24.3 Å². The van der Waals surface area contributed by atoms with E-state index in [1.165, 1.54) is 0 Å². The van der Waals surface area contributed by atoms with Crippen molar-refractivity contribution < 1.29 is 8.42 Å². The van der Waals surface area contributed by atoms with Gasteiger partial charge in [0, 0.05) is 30.7 Å². The number of hydrogen-bond acceptors (Lipinski definition) is 4. The van der Waals surface area contributed by atoms with Crippen LogP contribution in [0.25, 0.3) is 0 Å². The molecule has 0 aromatic heterocycles. The normalized spacial score (nSPS) is 11.4. The van der Waals surface area contributed by atoms with Crippen LogP contribution in [0, 0.1) is 0 Å². The van der Waals surface area contributed by atoms with Crippen molar-refractivity contribution in [2.75, 3.05) is 35.7 Å². The SMILES string of the molecule is CCCS(=O)(=O)CCN(C)c1ccc(N)cc1. The van der Waals surface area contributed by atoms with E-state index in [4.69, 9.17) is 5.73 Å². The summed E-state index contributed by atoms with van der Waals surface area (Å²) in [5, 5.41) is 0. The zero-order chi connectivity index (χ0) is 12.9. The minimum absolute atomic E-state index is 0.196. The Balaban J connectivity index is 2.55. The van der Waals surface area contributed by atoms with Gasteiger partial charge in [0.15, 0.2) is 9.84 Å². The maximum atomic E-state index is 11.6. The fourth-order valence-corrected chi connectivity index (χ4v) is 2.93. The molecule has 0 atom stereocenters. The van der Waals surface area contributed by atoms with Crippen LogP contribution in [0.5, 0.6) is 0 Å². The van der Waals surface area contributed by atoms with Crippen molar-refractivity contribution in [3.8, 4) is 0 Å². The van der Waals surface area contributed by atoms with Gasteiger partial charge in [-0.1, -0.05) is 6.92 Å². The van der Waals surface area contributed by atoms with E-state index in [0.717, 1.165) is 5.69 Å². The number of sulfone groups is 1. The van der Waals surface area contributed by atoms with Crippen LogP contribution in [0.4, 0.5) is 11.4 Å². The average Bonchev–Trinajstić information content (AvgIpc) is 2.27. The van der Waals surface area contributed by atoms with Gasteiger partial charge in [-0.2, -0.15) is 0 Å². The van der Waals surface area contributed by atoms with E-state index >= 15 is 0 Å². The average molecular weight is 256 g/mol. The molecule has 1 aromatic rings. The van der Waals surface area contributed by atoms with E-state index in [9.17, 15) is 8.42 Å². The van der Waals surface area contributed by atoms with Gasteiger partial charge in [-0.25, -0.2) is 8.42 Å². The summed E-state index contributed by atoms with van der Waals surface area (Å²) in [5.41, 5.74) is 7.28. The molecule has 0 aliphatic rings. The number of anilines is 2. The van der Waals surface area contributed by atoms with Gasteiger partial charge in [-0.3, -0.25) is 0 Å². The molecule has 4 nitrogen and oxygen atoms in total. The van der Waals surface area contributed by atoms with Gasteiger partial charge in [0.05, 0.1) is 5.75 Å². The van der Waals surface area contributed by atoms with Crippen LogP contribution >= 0.6 is 0 Å². The molecular formula is C12H20N2O2S. The summed E-state index contributed by atoms with van der Waals surface area (Å²) in [4.78, 5) is 1.92. The molecule has 17 heavy (non-hydrogen) atoms. The third kappa shape index (κ3) is 4.65. The highest BCUT2D eigenvalue weighted by atomic mass is 32.2. The van der Waals surface area contributed by atoms with E-state index in [2.05, 4.69) is 0 Å². The first-order valence-electron chi connectivity index (χ1n) is 5.71. The Hall–Kier alpha value is -1.23. The smallest absolute Gasteiger partial charge is 0.152 e. The minimum atomic E-state index is -2.91. The summed E-state index contributed by atoms with van der Waals surface area (Å²) in [5.74, 6) is 0.463. The number of nitrogen functional groups attached to an aromatic ring is 1. The van der Waals surface area contributed by atoms with Gasteiger partial charge in [0.1, 0.15) is 0 Å². The van der Waals surface area contributed by atoms with Crippen molar-refractivity contribution in [3.63, 3.8) is 0 Å². The van der Waals surface area contributed by atoms with Gasteiger partial charge in [-0.05, 0) is 30.7 Å². The lowest BCUT2D eigenvalue weighted by Crippen LogP contribution is -2.26. The molecule has 0 unspecified atom stereocenters. The van der Waals surface area contributed by atoms with Crippen LogP contribution in [0.2, 0.25) is 0 Å². The van der Waals surface area contributed by atoms with Gasteiger partial charge >= 0.3 is 0 Å². The molecule has 1 aromatic carbocycles. The lowest BCUT2D eigenvalue weighted by atomic mass is 10.2. The van der Waals surface area contributed by atoms with Gasteiger partial charge in [0.2, 0.25) is 0 Å². The molecule has 0 bridgehead atoms. The summed E-state index contributed by atoms with van der Waals surface area (Å²) in [7, 11) is -1.03. The Kier molecular flexibility index (Phi) is 4.81. The molecule has 0 heterocycles. The van der Waals surface area contributed by atoms with Crippen molar-refractivity contribution >= 4 is 21.2 Å². The third-order valence-corrected chi connectivity index (χ3v) is 4.42. The van der Waals surface area contributed by atoms with Gasteiger partial charge < -0.3 is 10.6 Å². The zero-order valence-corrected chi connectivity index (χ0v) is 11.2. The summed E-state index contributed by atoms with van der Waals surface area (Å²) >= 11 is 0. The standard InChI is InChI=1S/C12H20N2O2S/c1-3-9-17(15,16)10-8-14(2)12-6-4-11(13)5-7-12/h4-7H,3,8-10,13H2,1-2H3. The van der Waals surface area contributed by atoms with E-state index < -0.39 is 9.84 Å². The highest BCUT2D eigenvalue weighted by Gasteiger charge is 2.11. The van der Waals surface area contributed by atoms with Crippen LogP contribution < -0.4 is 10.6 Å². The fraction of sp³-hybridized carbons (Fsp3) is 0.500. The Labute approximate surface area is 103 Å². The van der Waals surface area contributed by atoms with Crippen molar-refractivity contribution in [1.82, 2.24) is 0 Å². The third-order valence-electron chi connectivity index (χ3n) is 2.59. The van der Waals surface area contributed by atoms with Crippen LogP contribution in [-0.2, 0) is 9.84 Å². The predicted octanol–water partition coefficient (Wildman–Crippen LogP) is 1.53. The molecule has 0 spiro atoms. The highest BCUT2D eigenvalue weighted by Crippen LogP contribution is 2.14. The first kappa shape index (κ1) is 13.8. The molecule has 0 aliphatic heterocycles. The Bertz CT molecular complexity index is 440. The first-order chi connectivity index (χ1) is 7.94. The molecule has 0 saturated carbocycles. The molecular weight excluding hydrogens is 236 g/mol. The maximum absolute atomic E-state index is 11.6. The lowest BCUT2D eigenvalue weighted by Gasteiger charge is -2.19. The quantitative estimate of drug-likeness (QED) is 0.784. The Morgan fingerprint density at radius 2 is 1.76 bits per heavy atom. The molecule has 0 fully saturated rings. The second kappa shape index (κ2) is 5.91. The fourth-order valence-electron chi connectivity index (χ4n) is 1.55. The highest BCUT2D eigenvalue weighted by molar-refractivity contribution is 7.91. The van der Waals surface area contributed by atoms with Gasteiger partial charge in [0.25, 0.3) is 0 Å². The van der Waals surface area contributed by atoms with E-state index in [-0.39, 0.29) is 11.5 Å². The minimum Gasteiger partial charge on any atom is -0.399 e. The number of hydrogen-bond donors (Lipinski definition) is 1. The molecule has 5 heteroatoms. The van der Waals surface area contributed by atoms with Crippen molar-refractivity contribution in [3.05, 3.63) is 24.3 Å². The summed E-state index contributed by atoms with van der Waals surface area (Å²) < 4.78 is 23.1. The molecule has 0 radical (unpaired) electrons. The predicted molar refractivity (Wildman–Crippen MR) is 73.1 cm³/mol.